The Hall–Kier alpha value is -0.100. The first-order valence-corrected chi connectivity index (χ1v) is 9.27. The molecule has 2 aliphatic heterocycles. The molecule has 2 atom stereocenters. The molecule has 3 rings (SSSR count). The van der Waals surface area contributed by atoms with Crippen LogP contribution in [-0.4, -0.2) is 37.2 Å². The molecule has 0 bridgehead atoms. The van der Waals surface area contributed by atoms with Gasteiger partial charge >= 0.3 is 0 Å². The van der Waals surface area contributed by atoms with Crippen LogP contribution in [0.15, 0.2) is 21.1 Å². The van der Waals surface area contributed by atoms with Crippen molar-refractivity contribution in [3.05, 3.63) is 26.6 Å². The summed E-state index contributed by atoms with van der Waals surface area (Å²) in [5, 5.41) is 3.76. The number of nitrogens with one attached hydrogen (secondary N) is 1. The van der Waals surface area contributed by atoms with E-state index >= 15 is 0 Å². The third kappa shape index (κ3) is 3.46. The summed E-state index contributed by atoms with van der Waals surface area (Å²) in [6.45, 7) is 3.47. The van der Waals surface area contributed by atoms with E-state index in [9.17, 15) is 0 Å². The molecule has 21 heavy (non-hydrogen) atoms. The Bertz CT molecular complexity index is 486. The van der Waals surface area contributed by atoms with Gasteiger partial charge in [0, 0.05) is 25.2 Å². The van der Waals surface area contributed by atoms with Gasteiger partial charge in [0.15, 0.2) is 0 Å². The molecule has 2 unspecified atom stereocenters. The van der Waals surface area contributed by atoms with Crippen LogP contribution in [0.25, 0.3) is 0 Å². The van der Waals surface area contributed by atoms with Crippen molar-refractivity contribution in [2.24, 2.45) is 0 Å². The lowest BCUT2D eigenvalue weighted by Crippen LogP contribution is -2.44. The van der Waals surface area contributed by atoms with Gasteiger partial charge in [-0.1, -0.05) is 6.42 Å². The quantitative estimate of drug-likeness (QED) is 0.802. The van der Waals surface area contributed by atoms with Crippen LogP contribution in [0.1, 0.15) is 31.2 Å². The SMILES string of the molecule is COc1c(Br)cc(CNC2CCN3CCCCC23)cc1Br. The van der Waals surface area contributed by atoms with E-state index in [1.165, 1.54) is 44.3 Å². The predicted molar refractivity (Wildman–Crippen MR) is 92.9 cm³/mol. The second-order valence-electron chi connectivity index (χ2n) is 5.97. The van der Waals surface area contributed by atoms with Crippen molar-refractivity contribution >= 4 is 31.9 Å². The lowest BCUT2D eigenvalue weighted by atomic mass is 9.99. The summed E-state index contributed by atoms with van der Waals surface area (Å²) < 4.78 is 7.36. The van der Waals surface area contributed by atoms with E-state index in [4.69, 9.17) is 4.74 Å². The van der Waals surface area contributed by atoms with Crippen LogP contribution in [0.3, 0.4) is 0 Å². The molecule has 2 aliphatic rings. The topological polar surface area (TPSA) is 24.5 Å². The van der Waals surface area contributed by atoms with Crippen LogP contribution in [0.2, 0.25) is 0 Å². The predicted octanol–water partition coefficient (Wildman–Crippen LogP) is 3.94. The number of hydrogen-bond donors (Lipinski definition) is 1. The number of benzene rings is 1. The number of methoxy groups -OCH3 is 1. The zero-order chi connectivity index (χ0) is 14.8. The molecule has 5 heteroatoms. The fourth-order valence-electron chi connectivity index (χ4n) is 3.64. The maximum atomic E-state index is 5.36. The smallest absolute Gasteiger partial charge is 0.147 e. The Morgan fingerprint density at radius 2 is 1.95 bits per heavy atom. The van der Waals surface area contributed by atoms with Crippen molar-refractivity contribution in [3.63, 3.8) is 0 Å². The van der Waals surface area contributed by atoms with Gasteiger partial charge in [-0.2, -0.15) is 0 Å². The molecule has 2 saturated heterocycles. The summed E-state index contributed by atoms with van der Waals surface area (Å²) in [7, 11) is 1.69. The van der Waals surface area contributed by atoms with Crippen molar-refractivity contribution in [1.29, 1.82) is 0 Å². The third-order valence-corrected chi connectivity index (χ3v) is 5.86. The number of ether oxygens (including phenoxy) is 1. The molecule has 3 nitrogen and oxygen atoms in total. The van der Waals surface area contributed by atoms with E-state index in [0.717, 1.165) is 27.3 Å². The van der Waals surface area contributed by atoms with Crippen LogP contribution >= 0.6 is 31.9 Å². The zero-order valence-electron chi connectivity index (χ0n) is 12.4. The van der Waals surface area contributed by atoms with Crippen LogP contribution in [0.4, 0.5) is 0 Å². The van der Waals surface area contributed by atoms with Gasteiger partial charge in [-0.15, -0.1) is 0 Å². The zero-order valence-corrected chi connectivity index (χ0v) is 15.5. The molecule has 0 amide bonds. The van der Waals surface area contributed by atoms with Gasteiger partial charge in [0.1, 0.15) is 5.75 Å². The largest absolute Gasteiger partial charge is 0.494 e. The monoisotopic (exact) mass is 416 g/mol. The van der Waals surface area contributed by atoms with Crippen LogP contribution in [0, 0.1) is 0 Å². The highest BCUT2D eigenvalue weighted by Gasteiger charge is 2.34. The standard InChI is InChI=1S/C16H22Br2N2O/c1-21-16-12(17)8-11(9-13(16)18)10-19-14-5-7-20-6-3-2-4-15(14)20/h8-9,14-15,19H,2-7,10H2,1H3. The summed E-state index contributed by atoms with van der Waals surface area (Å²) >= 11 is 7.15. The average Bonchev–Trinajstić information content (AvgIpc) is 2.88. The molecule has 0 radical (unpaired) electrons. The van der Waals surface area contributed by atoms with E-state index in [2.05, 4.69) is 54.2 Å². The number of halogens is 2. The van der Waals surface area contributed by atoms with Crippen molar-refractivity contribution in [2.75, 3.05) is 20.2 Å². The highest BCUT2D eigenvalue weighted by molar-refractivity contribution is 9.11. The van der Waals surface area contributed by atoms with E-state index < -0.39 is 0 Å². The Morgan fingerprint density at radius 3 is 2.67 bits per heavy atom. The Labute approximate surface area is 143 Å². The number of rotatable bonds is 4. The van der Waals surface area contributed by atoms with Crippen molar-refractivity contribution < 1.29 is 4.74 Å². The number of piperidine rings is 1. The fourth-order valence-corrected chi connectivity index (χ4v) is 5.25. The lowest BCUT2D eigenvalue weighted by molar-refractivity contribution is 0.180. The minimum atomic E-state index is 0.643. The van der Waals surface area contributed by atoms with Gasteiger partial charge < -0.3 is 10.1 Å². The lowest BCUT2D eigenvalue weighted by Gasteiger charge is -2.32. The molecular formula is C16H22Br2N2O. The summed E-state index contributed by atoms with van der Waals surface area (Å²) in [4.78, 5) is 2.67. The molecule has 1 N–H and O–H groups in total. The van der Waals surface area contributed by atoms with E-state index in [0.29, 0.717) is 6.04 Å². The fraction of sp³-hybridized carbons (Fsp3) is 0.625. The summed E-state index contributed by atoms with van der Waals surface area (Å²) in [5.74, 6) is 0.859. The number of hydrogen-bond acceptors (Lipinski definition) is 3. The number of nitrogens with zero attached hydrogens (tertiary/aromatic N) is 1. The van der Waals surface area contributed by atoms with Crippen LogP contribution in [0.5, 0.6) is 5.75 Å². The molecule has 2 fully saturated rings. The first-order chi connectivity index (χ1) is 10.2. The number of fused-ring (bicyclic) bond motifs is 1. The van der Waals surface area contributed by atoms with Crippen LogP contribution < -0.4 is 10.1 Å². The van der Waals surface area contributed by atoms with Crippen molar-refractivity contribution in [2.45, 2.75) is 44.3 Å². The molecule has 0 aliphatic carbocycles. The van der Waals surface area contributed by atoms with Gasteiger partial charge in [-0.3, -0.25) is 4.90 Å². The average molecular weight is 418 g/mol. The second kappa shape index (κ2) is 6.99. The minimum absolute atomic E-state index is 0.643. The third-order valence-electron chi connectivity index (χ3n) is 4.69. The first kappa shape index (κ1) is 15.8. The van der Waals surface area contributed by atoms with Gasteiger partial charge in [0.05, 0.1) is 16.1 Å². The second-order valence-corrected chi connectivity index (χ2v) is 7.68. The first-order valence-electron chi connectivity index (χ1n) is 7.68. The van der Waals surface area contributed by atoms with Gasteiger partial charge in [0.25, 0.3) is 0 Å². The Balaban J connectivity index is 1.63. The Kier molecular flexibility index (Phi) is 5.25. The maximum absolute atomic E-state index is 5.36. The molecule has 0 aromatic heterocycles. The molecule has 116 valence electrons. The molecular weight excluding hydrogens is 396 g/mol. The molecule has 2 heterocycles. The highest BCUT2D eigenvalue weighted by atomic mass is 79.9. The molecule has 0 spiro atoms. The van der Waals surface area contributed by atoms with Gasteiger partial charge in [0.2, 0.25) is 0 Å². The maximum Gasteiger partial charge on any atom is 0.147 e. The highest BCUT2D eigenvalue weighted by Crippen LogP contribution is 2.34. The molecule has 0 saturated carbocycles. The normalized spacial score (nSPS) is 25.9. The van der Waals surface area contributed by atoms with E-state index in [1.54, 1.807) is 7.11 Å². The minimum Gasteiger partial charge on any atom is -0.494 e. The van der Waals surface area contributed by atoms with Crippen molar-refractivity contribution in [1.82, 2.24) is 10.2 Å². The summed E-state index contributed by atoms with van der Waals surface area (Å²) in [6, 6.07) is 5.68. The van der Waals surface area contributed by atoms with Crippen molar-refractivity contribution in [3.8, 4) is 5.75 Å². The molecule has 1 aromatic rings. The Morgan fingerprint density at radius 1 is 1.19 bits per heavy atom. The van der Waals surface area contributed by atoms with E-state index in [1.807, 2.05) is 0 Å². The summed E-state index contributed by atoms with van der Waals surface area (Å²) in [6.07, 6.45) is 5.40. The van der Waals surface area contributed by atoms with Gasteiger partial charge in [-0.25, -0.2) is 0 Å². The molecule has 1 aromatic carbocycles. The summed E-state index contributed by atoms with van der Waals surface area (Å²) in [5.41, 5.74) is 1.28. The van der Waals surface area contributed by atoms with E-state index in [-0.39, 0.29) is 0 Å². The van der Waals surface area contributed by atoms with Gasteiger partial charge in [-0.05, 0) is 75.4 Å². The van der Waals surface area contributed by atoms with Crippen LogP contribution in [-0.2, 0) is 6.54 Å².